The largest absolute Gasteiger partial charge is 0.353 e. The van der Waals surface area contributed by atoms with Gasteiger partial charge in [0.1, 0.15) is 0 Å². The zero-order valence-electron chi connectivity index (χ0n) is 18.1. The Hall–Kier alpha value is -4.43. The second-order valence-electron chi connectivity index (χ2n) is 8.12. The molecule has 1 N–H and O–H groups in total. The van der Waals surface area contributed by atoms with Gasteiger partial charge in [0.15, 0.2) is 0 Å². The smallest absolute Gasteiger partial charge is 0.0809 e. The van der Waals surface area contributed by atoms with Gasteiger partial charge in [0, 0.05) is 21.9 Å². The first kappa shape index (κ1) is 19.3. The Morgan fingerprint density at radius 2 is 0.909 bits per heavy atom. The number of fused-ring (bicyclic) bond motifs is 1. The van der Waals surface area contributed by atoms with Crippen LogP contribution in [0.25, 0.3) is 55.8 Å². The van der Waals surface area contributed by atoms with Gasteiger partial charge in [-0.1, -0.05) is 121 Å². The van der Waals surface area contributed by atoms with Crippen LogP contribution in [0.3, 0.4) is 0 Å². The topological polar surface area (TPSA) is 28.7 Å². The lowest BCUT2D eigenvalue weighted by Crippen LogP contribution is -1.91. The molecule has 2 heteroatoms. The standard InChI is InChI=1S/C31H22N2/c1-5-13-22(14-6-1)27-21-26-28(30(32-27)24-17-9-3-10-18-24)31(25-19-11-4-12-20-25)33-29(26)23-15-7-2-8-16-23/h1-21,33H. The summed E-state index contributed by atoms with van der Waals surface area (Å²) in [6.45, 7) is 0. The molecule has 6 rings (SSSR count). The molecule has 0 aliphatic carbocycles. The summed E-state index contributed by atoms with van der Waals surface area (Å²) in [6.07, 6.45) is 0. The van der Waals surface area contributed by atoms with Crippen LogP contribution in [-0.2, 0) is 0 Å². The average Bonchev–Trinajstić information content (AvgIpc) is 3.30. The molecule has 2 heterocycles. The van der Waals surface area contributed by atoms with E-state index in [1.54, 1.807) is 0 Å². The van der Waals surface area contributed by atoms with E-state index in [0.29, 0.717) is 0 Å². The van der Waals surface area contributed by atoms with Gasteiger partial charge < -0.3 is 4.98 Å². The number of nitrogens with one attached hydrogen (secondary N) is 1. The highest BCUT2D eigenvalue weighted by atomic mass is 14.8. The third-order valence-corrected chi connectivity index (χ3v) is 6.03. The van der Waals surface area contributed by atoms with Crippen molar-refractivity contribution in [3.8, 4) is 45.0 Å². The lowest BCUT2D eigenvalue weighted by atomic mass is 9.98. The van der Waals surface area contributed by atoms with E-state index in [9.17, 15) is 0 Å². The first-order valence-electron chi connectivity index (χ1n) is 11.2. The number of nitrogens with zero attached hydrogens (tertiary/aromatic N) is 1. The molecule has 0 bridgehead atoms. The maximum Gasteiger partial charge on any atom is 0.0809 e. The molecule has 2 aromatic heterocycles. The minimum absolute atomic E-state index is 0.970. The summed E-state index contributed by atoms with van der Waals surface area (Å²) >= 11 is 0. The van der Waals surface area contributed by atoms with Crippen molar-refractivity contribution in [1.82, 2.24) is 9.97 Å². The van der Waals surface area contributed by atoms with Crippen LogP contribution < -0.4 is 0 Å². The van der Waals surface area contributed by atoms with E-state index in [1.807, 2.05) is 12.1 Å². The van der Waals surface area contributed by atoms with Crippen molar-refractivity contribution < 1.29 is 0 Å². The maximum atomic E-state index is 5.21. The number of aromatic amines is 1. The Bertz CT molecular complexity index is 1520. The molecule has 0 atom stereocenters. The summed E-state index contributed by atoms with van der Waals surface area (Å²) in [5.41, 5.74) is 8.69. The van der Waals surface area contributed by atoms with Crippen LogP contribution >= 0.6 is 0 Å². The van der Waals surface area contributed by atoms with E-state index < -0.39 is 0 Å². The summed E-state index contributed by atoms with van der Waals surface area (Å²) in [7, 11) is 0. The second-order valence-corrected chi connectivity index (χ2v) is 8.12. The predicted molar refractivity (Wildman–Crippen MR) is 138 cm³/mol. The van der Waals surface area contributed by atoms with Crippen molar-refractivity contribution in [3.63, 3.8) is 0 Å². The highest BCUT2D eigenvalue weighted by Gasteiger charge is 2.20. The fourth-order valence-electron chi connectivity index (χ4n) is 4.47. The summed E-state index contributed by atoms with van der Waals surface area (Å²) in [6, 6.07) is 44.2. The Balaban J connectivity index is 1.75. The van der Waals surface area contributed by atoms with E-state index in [-0.39, 0.29) is 0 Å². The molecule has 2 nitrogen and oxygen atoms in total. The van der Waals surface area contributed by atoms with E-state index in [2.05, 4.69) is 120 Å². The fourth-order valence-corrected chi connectivity index (χ4v) is 4.47. The average molecular weight is 423 g/mol. The second kappa shape index (κ2) is 8.25. The zero-order valence-corrected chi connectivity index (χ0v) is 18.1. The third kappa shape index (κ3) is 3.52. The normalized spacial score (nSPS) is 11.0. The van der Waals surface area contributed by atoms with Gasteiger partial charge in [0.05, 0.1) is 22.8 Å². The van der Waals surface area contributed by atoms with Crippen molar-refractivity contribution in [1.29, 1.82) is 0 Å². The molecular formula is C31H22N2. The molecule has 0 amide bonds. The number of rotatable bonds is 4. The summed E-state index contributed by atoms with van der Waals surface area (Å²) in [4.78, 5) is 8.99. The first-order valence-corrected chi connectivity index (χ1v) is 11.2. The number of hydrogen-bond acceptors (Lipinski definition) is 1. The third-order valence-electron chi connectivity index (χ3n) is 6.03. The summed E-state index contributed by atoms with van der Waals surface area (Å²) < 4.78 is 0. The molecule has 6 aromatic rings. The van der Waals surface area contributed by atoms with Crippen molar-refractivity contribution in [3.05, 3.63) is 127 Å². The number of H-pyrrole nitrogens is 1. The molecule has 0 unspecified atom stereocenters. The highest BCUT2D eigenvalue weighted by Crippen LogP contribution is 2.42. The van der Waals surface area contributed by atoms with Crippen molar-refractivity contribution in [2.75, 3.05) is 0 Å². The van der Waals surface area contributed by atoms with Crippen molar-refractivity contribution >= 4 is 10.8 Å². The molecule has 0 aliphatic heterocycles. The Kier molecular flexibility index (Phi) is 4.82. The highest BCUT2D eigenvalue weighted by molar-refractivity contribution is 6.11. The van der Waals surface area contributed by atoms with Gasteiger partial charge in [0.25, 0.3) is 0 Å². The lowest BCUT2D eigenvalue weighted by molar-refractivity contribution is 1.35. The monoisotopic (exact) mass is 422 g/mol. The number of pyridine rings is 1. The zero-order chi connectivity index (χ0) is 22.0. The lowest BCUT2D eigenvalue weighted by Gasteiger charge is -2.10. The molecule has 0 saturated heterocycles. The van der Waals surface area contributed by atoms with Gasteiger partial charge in [-0.05, 0) is 17.2 Å². The summed E-state index contributed by atoms with van der Waals surface area (Å²) in [5.74, 6) is 0. The van der Waals surface area contributed by atoms with Gasteiger partial charge >= 0.3 is 0 Å². The molecule has 4 aromatic carbocycles. The summed E-state index contributed by atoms with van der Waals surface area (Å²) in [5, 5.41) is 2.32. The van der Waals surface area contributed by atoms with Gasteiger partial charge in [-0.15, -0.1) is 0 Å². The van der Waals surface area contributed by atoms with Crippen LogP contribution in [0, 0.1) is 0 Å². The van der Waals surface area contributed by atoms with Crippen molar-refractivity contribution in [2.24, 2.45) is 0 Å². The number of hydrogen-bond donors (Lipinski definition) is 1. The molecule has 0 saturated carbocycles. The molecule has 33 heavy (non-hydrogen) atoms. The molecule has 156 valence electrons. The van der Waals surface area contributed by atoms with Crippen LogP contribution in [0.2, 0.25) is 0 Å². The van der Waals surface area contributed by atoms with Crippen LogP contribution in [-0.4, -0.2) is 9.97 Å². The molecule has 0 spiro atoms. The van der Waals surface area contributed by atoms with Crippen LogP contribution in [0.4, 0.5) is 0 Å². The maximum absolute atomic E-state index is 5.21. The molecule has 0 radical (unpaired) electrons. The Morgan fingerprint density at radius 1 is 0.455 bits per heavy atom. The van der Waals surface area contributed by atoms with E-state index in [4.69, 9.17) is 4.98 Å². The van der Waals surface area contributed by atoms with Gasteiger partial charge in [-0.2, -0.15) is 0 Å². The van der Waals surface area contributed by atoms with Crippen LogP contribution in [0.1, 0.15) is 0 Å². The number of benzene rings is 4. The van der Waals surface area contributed by atoms with Crippen LogP contribution in [0.15, 0.2) is 127 Å². The predicted octanol–water partition coefficient (Wildman–Crippen LogP) is 8.23. The van der Waals surface area contributed by atoms with Crippen LogP contribution in [0.5, 0.6) is 0 Å². The van der Waals surface area contributed by atoms with E-state index in [0.717, 1.165) is 50.4 Å². The Morgan fingerprint density at radius 3 is 1.45 bits per heavy atom. The van der Waals surface area contributed by atoms with Gasteiger partial charge in [0.2, 0.25) is 0 Å². The first-order chi connectivity index (χ1) is 16.4. The van der Waals surface area contributed by atoms with Gasteiger partial charge in [-0.25, -0.2) is 4.98 Å². The molecular weight excluding hydrogens is 400 g/mol. The molecule has 0 fully saturated rings. The van der Waals surface area contributed by atoms with E-state index >= 15 is 0 Å². The van der Waals surface area contributed by atoms with Gasteiger partial charge in [-0.3, -0.25) is 0 Å². The van der Waals surface area contributed by atoms with Crippen molar-refractivity contribution in [2.45, 2.75) is 0 Å². The minimum atomic E-state index is 0.970. The SMILES string of the molecule is c1ccc(-c2cc3c(-c4ccccc4)[nH]c(-c4ccccc4)c3c(-c3ccccc3)n2)cc1. The minimum Gasteiger partial charge on any atom is -0.353 e. The quantitative estimate of drug-likeness (QED) is 0.304. The molecule has 0 aliphatic rings. The van der Waals surface area contributed by atoms with E-state index in [1.165, 1.54) is 5.39 Å². The Labute approximate surface area is 193 Å². The number of aromatic nitrogens is 2. The fraction of sp³-hybridized carbons (Fsp3) is 0.